The Kier molecular flexibility index (Phi) is 4.95. The Labute approximate surface area is 107 Å². The number of urea groups is 1. The Morgan fingerprint density at radius 3 is 2.67 bits per heavy atom. The molecule has 1 heterocycles. The molecule has 2 unspecified atom stereocenters. The number of aliphatic carboxylic acids is 1. The van der Waals surface area contributed by atoms with E-state index < -0.39 is 11.4 Å². The van der Waals surface area contributed by atoms with Gasteiger partial charge in [0, 0.05) is 13.1 Å². The van der Waals surface area contributed by atoms with E-state index in [2.05, 4.69) is 5.32 Å². The van der Waals surface area contributed by atoms with Crippen molar-refractivity contribution >= 4 is 12.0 Å². The molecular weight excluding hydrogens is 236 g/mol. The van der Waals surface area contributed by atoms with Gasteiger partial charge >= 0.3 is 12.0 Å². The van der Waals surface area contributed by atoms with E-state index in [1.807, 2.05) is 0 Å². The van der Waals surface area contributed by atoms with Crippen LogP contribution in [-0.4, -0.2) is 52.9 Å². The second-order valence-electron chi connectivity index (χ2n) is 5.05. The van der Waals surface area contributed by atoms with E-state index in [1.54, 1.807) is 18.7 Å². The van der Waals surface area contributed by atoms with E-state index in [9.17, 15) is 9.59 Å². The lowest BCUT2D eigenvalue weighted by Crippen LogP contribution is -2.48. The van der Waals surface area contributed by atoms with E-state index >= 15 is 0 Å². The van der Waals surface area contributed by atoms with Crippen LogP contribution in [0.3, 0.4) is 0 Å². The highest BCUT2D eigenvalue weighted by atomic mass is 16.4. The highest BCUT2D eigenvalue weighted by molar-refractivity contribution is 5.78. The molecule has 0 radical (unpaired) electrons. The maximum Gasteiger partial charge on any atom is 0.317 e. The Hall–Kier alpha value is -1.30. The number of aliphatic hydroxyl groups is 1. The average molecular weight is 258 g/mol. The van der Waals surface area contributed by atoms with Crippen molar-refractivity contribution in [1.82, 2.24) is 10.2 Å². The third-order valence-electron chi connectivity index (χ3n) is 3.78. The highest BCUT2D eigenvalue weighted by Crippen LogP contribution is 2.21. The van der Waals surface area contributed by atoms with Crippen molar-refractivity contribution < 1.29 is 19.8 Å². The number of carboxylic acids is 1. The normalized spacial score (nSPS) is 22.6. The smallest absolute Gasteiger partial charge is 0.317 e. The highest BCUT2D eigenvalue weighted by Gasteiger charge is 2.33. The zero-order valence-corrected chi connectivity index (χ0v) is 11.0. The number of hydrogen-bond acceptors (Lipinski definition) is 3. The maximum atomic E-state index is 11.9. The molecule has 3 N–H and O–H groups in total. The number of nitrogens with one attached hydrogen (secondary N) is 1. The Bertz CT molecular complexity index is 321. The number of carboxylic acid groups (broad SMARTS) is 1. The molecule has 6 nitrogen and oxygen atoms in total. The Morgan fingerprint density at radius 2 is 2.17 bits per heavy atom. The summed E-state index contributed by atoms with van der Waals surface area (Å²) in [6.45, 7) is 4.08. The maximum absolute atomic E-state index is 11.9. The summed E-state index contributed by atoms with van der Waals surface area (Å²) in [6.07, 6.45) is 2.13. The molecule has 0 aromatic rings. The summed E-state index contributed by atoms with van der Waals surface area (Å²) in [4.78, 5) is 24.6. The van der Waals surface area contributed by atoms with Gasteiger partial charge in [0.25, 0.3) is 0 Å². The molecule has 2 amide bonds. The summed E-state index contributed by atoms with van der Waals surface area (Å²) < 4.78 is 0. The van der Waals surface area contributed by atoms with Gasteiger partial charge in [-0.2, -0.15) is 0 Å². The molecule has 1 fully saturated rings. The van der Waals surface area contributed by atoms with Crippen molar-refractivity contribution in [2.24, 2.45) is 5.41 Å². The summed E-state index contributed by atoms with van der Waals surface area (Å²) >= 11 is 0. The number of carbonyl (C=O) groups excluding carboxylic acids is 1. The van der Waals surface area contributed by atoms with Crippen LogP contribution in [0.15, 0.2) is 0 Å². The molecular formula is C12H22N2O4. The third kappa shape index (κ3) is 3.13. The number of nitrogens with zero attached hydrogens (tertiary/aromatic N) is 1. The van der Waals surface area contributed by atoms with Gasteiger partial charge in [-0.1, -0.05) is 6.92 Å². The van der Waals surface area contributed by atoms with Crippen LogP contribution in [0.4, 0.5) is 4.79 Å². The predicted molar refractivity (Wildman–Crippen MR) is 66.2 cm³/mol. The minimum atomic E-state index is -0.940. The lowest BCUT2D eigenvalue weighted by molar-refractivity contribution is -0.147. The van der Waals surface area contributed by atoms with Gasteiger partial charge in [0.05, 0.1) is 18.1 Å². The molecule has 0 aliphatic carbocycles. The fourth-order valence-electron chi connectivity index (χ4n) is 2.02. The van der Waals surface area contributed by atoms with Crippen molar-refractivity contribution in [3.8, 4) is 0 Å². The van der Waals surface area contributed by atoms with Gasteiger partial charge in [-0.3, -0.25) is 4.79 Å². The summed E-state index contributed by atoms with van der Waals surface area (Å²) in [6, 6.07) is -0.421. The van der Waals surface area contributed by atoms with Crippen LogP contribution in [0.1, 0.15) is 33.1 Å². The van der Waals surface area contributed by atoms with Crippen molar-refractivity contribution in [2.75, 3.05) is 19.7 Å². The van der Waals surface area contributed by atoms with Crippen LogP contribution in [-0.2, 0) is 4.79 Å². The molecule has 104 valence electrons. The third-order valence-corrected chi connectivity index (χ3v) is 3.78. The number of hydrogen-bond donors (Lipinski definition) is 3. The molecule has 0 spiro atoms. The van der Waals surface area contributed by atoms with Crippen LogP contribution in [0.5, 0.6) is 0 Å². The quantitative estimate of drug-likeness (QED) is 0.675. The molecule has 1 saturated heterocycles. The fraction of sp³-hybridized carbons (Fsp3) is 0.833. The minimum absolute atomic E-state index is 0.0442. The first kappa shape index (κ1) is 14.8. The molecule has 0 aromatic carbocycles. The lowest BCUT2D eigenvalue weighted by atomic mass is 9.88. The molecule has 0 saturated carbocycles. The number of aliphatic hydroxyl groups excluding tert-OH is 1. The second-order valence-corrected chi connectivity index (χ2v) is 5.05. The first-order valence-corrected chi connectivity index (χ1v) is 6.33. The SMILES string of the molecule is CCC(C)(CNC(=O)N1CCCC1CO)C(=O)O. The van der Waals surface area contributed by atoms with Gasteiger partial charge in [-0.15, -0.1) is 0 Å². The van der Waals surface area contributed by atoms with Crippen LogP contribution >= 0.6 is 0 Å². The number of carbonyl (C=O) groups is 2. The minimum Gasteiger partial charge on any atom is -0.481 e. The van der Waals surface area contributed by atoms with Gasteiger partial charge in [0.2, 0.25) is 0 Å². The summed E-state index contributed by atoms with van der Waals surface area (Å²) in [5.74, 6) is -0.912. The zero-order chi connectivity index (χ0) is 13.8. The molecule has 0 aromatic heterocycles. The van der Waals surface area contributed by atoms with E-state index in [4.69, 9.17) is 10.2 Å². The number of likely N-dealkylation sites (tertiary alicyclic amines) is 1. The molecule has 0 bridgehead atoms. The van der Waals surface area contributed by atoms with Gasteiger partial charge in [0.15, 0.2) is 0 Å². The van der Waals surface area contributed by atoms with E-state index in [1.165, 1.54) is 0 Å². The molecule has 1 rings (SSSR count). The van der Waals surface area contributed by atoms with Crippen molar-refractivity contribution in [3.05, 3.63) is 0 Å². The summed E-state index contributed by atoms with van der Waals surface area (Å²) in [7, 11) is 0. The number of rotatable bonds is 5. The molecule has 1 aliphatic heterocycles. The zero-order valence-electron chi connectivity index (χ0n) is 11.0. The molecule has 6 heteroatoms. The molecule has 2 atom stereocenters. The lowest BCUT2D eigenvalue weighted by Gasteiger charge is -2.27. The Morgan fingerprint density at radius 1 is 1.50 bits per heavy atom. The van der Waals surface area contributed by atoms with Crippen LogP contribution < -0.4 is 5.32 Å². The van der Waals surface area contributed by atoms with Crippen molar-refractivity contribution in [3.63, 3.8) is 0 Å². The summed E-state index contributed by atoms with van der Waals surface area (Å²) in [5.41, 5.74) is -0.940. The first-order chi connectivity index (χ1) is 8.44. The van der Waals surface area contributed by atoms with Crippen molar-refractivity contribution in [1.29, 1.82) is 0 Å². The monoisotopic (exact) mass is 258 g/mol. The Balaban J connectivity index is 2.53. The largest absolute Gasteiger partial charge is 0.481 e. The van der Waals surface area contributed by atoms with E-state index in [-0.39, 0.29) is 25.2 Å². The average Bonchev–Trinajstić information content (AvgIpc) is 2.83. The van der Waals surface area contributed by atoms with Crippen LogP contribution in [0, 0.1) is 5.41 Å². The van der Waals surface area contributed by atoms with Gasteiger partial charge < -0.3 is 20.4 Å². The van der Waals surface area contributed by atoms with Crippen LogP contribution in [0.25, 0.3) is 0 Å². The van der Waals surface area contributed by atoms with Crippen LogP contribution in [0.2, 0.25) is 0 Å². The molecule has 18 heavy (non-hydrogen) atoms. The number of amides is 2. The van der Waals surface area contributed by atoms with E-state index in [0.29, 0.717) is 13.0 Å². The standard InChI is InChI=1S/C12H22N2O4/c1-3-12(2,10(16)17)8-13-11(18)14-6-4-5-9(14)7-15/h9,15H,3-8H2,1-2H3,(H,13,18)(H,16,17). The van der Waals surface area contributed by atoms with Crippen molar-refractivity contribution in [2.45, 2.75) is 39.2 Å². The second kappa shape index (κ2) is 6.04. The van der Waals surface area contributed by atoms with Gasteiger partial charge in [0.1, 0.15) is 0 Å². The first-order valence-electron chi connectivity index (χ1n) is 6.33. The predicted octanol–water partition coefficient (Wildman–Crippen LogP) is 0.654. The molecule has 1 aliphatic rings. The summed E-state index contributed by atoms with van der Waals surface area (Å²) in [5, 5.41) is 20.9. The van der Waals surface area contributed by atoms with E-state index in [0.717, 1.165) is 12.8 Å². The fourth-order valence-corrected chi connectivity index (χ4v) is 2.02. The van der Waals surface area contributed by atoms with Gasteiger partial charge in [-0.05, 0) is 26.2 Å². The topological polar surface area (TPSA) is 89.9 Å². The van der Waals surface area contributed by atoms with Gasteiger partial charge in [-0.25, -0.2) is 4.79 Å².